The lowest BCUT2D eigenvalue weighted by Crippen LogP contribution is -2.26. The van der Waals surface area contributed by atoms with E-state index in [1.165, 1.54) is 0 Å². The van der Waals surface area contributed by atoms with E-state index < -0.39 is 0 Å². The summed E-state index contributed by atoms with van der Waals surface area (Å²) in [5.74, 6) is 1.54. The smallest absolute Gasteiger partial charge is 0.197 e. The van der Waals surface area contributed by atoms with Crippen LogP contribution in [0.15, 0.2) is 25.6 Å². The summed E-state index contributed by atoms with van der Waals surface area (Å²) in [7, 11) is 0. The third kappa shape index (κ3) is 2.75. The molecule has 2 aromatic heterocycles. The molecule has 2 heterocycles. The van der Waals surface area contributed by atoms with Gasteiger partial charge in [0.05, 0.1) is 8.98 Å². The number of halogens is 1. The van der Waals surface area contributed by atoms with Crippen molar-refractivity contribution in [1.29, 1.82) is 0 Å². The zero-order valence-corrected chi connectivity index (χ0v) is 13.3. The first-order valence-corrected chi connectivity index (χ1v) is 7.57. The molecule has 98 valence electrons. The van der Waals surface area contributed by atoms with Gasteiger partial charge in [-0.3, -0.25) is 0 Å². The van der Waals surface area contributed by atoms with Crippen molar-refractivity contribution in [1.82, 2.24) is 0 Å². The van der Waals surface area contributed by atoms with E-state index in [0.29, 0.717) is 15.7 Å². The number of hydrogen-bond acceptors (Lipinski definition) is 5. The van der Waals surface area contributed by atoms with Gasteiger partial charge in [0.1, 0.15) is 6.26 Å². The van der Waals surface area contributed by atoms with E-state index in [1.54, 1.807) is 6.26 Å². The summed E-state index contributed by atoms with van der Waals surface area (Å²) in [5, 5.41) is 0. The van der Waals surface area contributed by atoms with Crippen molar-refractivity contribution in [3.05, 3.63) is 21.3 Å². The van der Waals surface area contributed by atoms with Gasteiger partial charge in [-0.2, -0.15) is 12.6 Å². The van der Waals surface area contributed by atoms with E-state index in [1.807, 2.05) is 6.07 Å². The van der Waals surface area contributed by atoms with Crippen LogP contribution in [-0.2, 0) is 0 Å². The standard InChI is InChI=1S/C12H14BrNO2S2/c1-2-3-14(4-5-17)10-6-9(18)12-11(16-10)8(13)7-15-12/h6-7,17H,2-5H2,1H3. The zero-order chi connectivity index (χ0) is 13.1. The molecule has 0 spiro atoms. The fourth-order valence-corrected chi connectivity index (χ4v) is 2.62. The lowest BCUT2D eigenvalue weighted by molar-refractivity contribution is 0.561. The first kappa shape index (κ1) is 14.0. The maximum absolute atomic E-state index is 5.87. The molecule has 0 unspecified atom stereocenters. The van der Waals surface area contributed by atoms with Gasteiger partial charge in [0.2, 0.25) is 0 Å². The quantitative estimate of drug-likeness (QED) is 0.628. The summed E-state index contributed by atoms with van der Waals surface area (Å²) < 4.78 is 12.7. The Kier molecular flexibility index (Phi) is 4.75. The Bertz CT molecular complexity index is 587. The molecule has 18 heavy (non-hydrogen) atoms. The Labute approximate surface area is 125 Å². The van der Waals surface area contributed by atoms with Crippen LogP contribution in [0.3, 0.4) is 0 Å². The Morgan fingerprint density at radius 3 is 2.83 bits per heavy atom. The van der Waals surface area contributed by atoms with Gasteiger partial charge in [0.25, 0.3) is 0 Å². The van der Waals surface area contributed by atoms with Gasteiger partial charge in [0, 0.05) is 24.9 Å². The third-order valence-electron chi connectivity index (χ3n) is 2.56. The molecule has 6 heteroatoms. The summed E-state index contributed by atoms with van der Waals surface area (Å²) in [4.78, 5) is 2.14. The molecular formula is C12H14BrNO2S2. The topological polar surface area (TPSA) is 29.5 Å². The number of fused-ring (bicyclic) bond motifs is 1. The highest BCUT2D eigenvalue weighted by Crippen LogP contribution is 2.31. The maximum atomic E-state index is 5.87. The molecule has 0 fully saturated rings. The molecule has 0 bridgehead atoms. The highest BCUT2D eigenvalue weighted by atomic mass is 79.9. The Morgan fingerprint density at radius 2 is 2.17 bits per heavy atom. The zero-order valence-electron chi connectivity index (χ0n) is 9.98. The van der Waals surface area contributed by atoms with Crippen LogP contribution in [-0.4, -0.2) is 18.8 Å². The maximum Gasteiger partial charge on any atom is 0.197 e. The normalized spacial score (nSPS) is 11.1. The number of rotatable bonds is 5. The predicted octanol–water partition coefficient (Wildman–Crippen LogP) is 4.66. The first-order chi connectivity index (χ1) is 8.67. The van der Waals surface area contributed by atoms with E-state index in [4.69, 9.17) is 21.1 Å². The van der Waals surface area contributed by atoms with Crippen molar-refractivity contribution in [2.75, 3.05) is 23.7 Å². The lowest BCUT2D eigenvalue weighted by atomic mass is 10.3. The molecule has 0 atom stereocenters. The minimum atomic E-state index is 0.614. The molecule has 3 nitrogen and oxygen atoms in total. The van der Waals surface area contributed by atoms with E-state index in [0.717, 1.165) is 35.6 Å². The third-order valence-corrected chi connectivity index (χ3v) is 3.61. The molecule has 0 aliphatic rings. The molecule has 0 amide bonds. The first-order valence-electron chi connectivity index (χ1n) is 5.74. The van der Waals surface area contributed by atoms with Gasteiger partial charge >= 0.3 is 0 Å². The second-order valence-corrected chi connectivity index (χ2v) is 5.64. The van der Waals surface area contributed by atoms with Crippen LogP contribution in [0.1, 0.15) is 13.3 Å². The van der Waals surface area contributed by atoms with Crippen LogP contribution in [0.2, 0.25) is 0 Å². The van der Waals surface area contributed by atoms with Gasteiger partial charge in [-0.1, -0.05) is 19.1 Å². The van der Waals surface area contributed by atoms with E-state index in [-0.39, 0.29) is 0 Å². The van der Waals surface area contributed by atoms with Crippen LogP contribution in [0.25, 0.3) is 11.2 Å². The van der Waals surface area contributed by atoms with E-state index in [2.05, 4.69) is 40.4 Å². The van der Waals surface area contributed by atoms with Crippen molar-refractivity contribution in [3.63, 3.8) is 0 Å². The van der Waals surface area contributed by atoms with Crippen LogP contribution in [0, 0.1) is 4.51 Å². The molecule has 0 aliphatic heterocycles. The minimum Gasteiger partial charge on any atom is -0.458 e. The second-order valence-electron chi connectivity index (χ2n) is 3.90. The lowest BCUT2D eigenvalue weighted by Gasteiger charge is -2.21. The van der Waals surface area contributed by atoms with E-state index >= 15 is 0 Å². The fraction of sp³-hybridized carbons (Fsp3) is 0.417. The van der Waals surface area contributed by atoms with Gasteiger partial charge in [-0.25, -0.2) is 0 Å². The average Bonchev–Trinajstić information content (AvgIpc) is 2.72. The predicted molar refractivity (Wildman–Crippen MR) is 83.4 cm³/mol. The Morgan fingerprint density at radius 1 is 1.39 bits per heavy atom. The van der Waals surface area contributed by atoms with Crippen LogP contribution in [0.4, 0.5) is 5.88 Å². The largest absolute Gasteiger partial charge is 0.458 e. The van der Waals surface area contributed by atoms with Gasteiger partial charge in [-0.05, 0) is 22.4 Å². The molecule has 0 saturated carbocycles. The number of furan rings is 1. The van der Waals surface area contributed by atoms with Crippen LogP contribution < -0.4 is 4.90 Å². The van der Waals surface area contributed by atoms with Crippen molar-refractivity contribution in [2.24, 2.45) is 0 Å². The van der Waals surface area contributed by atoms with Crippen molar-refractivity contribution in [3.8, 4) is 0 Å². The molecule has 0 aromatic carbocycles. The van der Waals surface area contributed by atoms with Crippen LogP contribution >= 0.6 is 40.8 Å². The molecule has 0 radical (unpaired) electrons. The Hall–Kier alpha value is -0.460. The Balaban J connectivity index is 2.49. The van der Waals surface area contributed by atoms with E-state index in [9.17, 15) is 0 Å². The monoisotopic (exact) mass is 347 g/mol. The van der Waals surface area contributed by atoms with Gasteiger partial charge < -0.3 is 13.7 Å². The molecule has 0 aliphatic carbocycles. The number of anilines is 1. The van der Waals surface area contributed by atoms with Crippen molar-refractivity contribution >= 4 is 57.8 Å². The van der Waals surface area contributed by atoms with Crippen LogP contribution in [0.5, 0.6) is 0 Å². The summed E-state index contributed by atoms with van der Waals surface area (Å²) in [6.45, 7) is 3.88. The number of hydrogen-bond donors (Lipinski definition) is 1. The average molecular weight is 348 g/mol. The summed E-state index contributed by atoms with van der Waals surface area (Å²) >= 11 is 13.0. The van der Waals surface area contributed by atoms with Gasteiger partial charge in [0.15, 0.2) is 17.1 Å². The summed E-state index contributed by atoms with van der Waals surface area (Å²) in [5.41, 5.74) is 1.28. The summed E-state index contributed by atoms with van der Waals surface area (Å²) in [6.07, 6.45) is 2.64. The number of thiol groups is 1. The number of nitrogens with zero attached hydrogens (tertiary/aromatic N) is 1. The highest BCUT2D eigenvalue weighted by molar-refractivity contribution is 9.10. The second kappa shape index (κ2) is 6.12. The molecular weight excluding hydrogens is 334 g/mol. The van der Waals surface area contributed by atoms with Gasteiger partial charge in [-0.15, -0.1) is 0 Å². The fourth-order valence-electron chi connectivity index (χ4n) is 1.78. The minimum absolute atomic E-state index is 0.614. The molecule has 2 rings (SSSR count). The van der Waals surface area contributed by atoms with Crippen molar-refractivity contribution < 1.29 is 8.83 Å². The molecule has 0 saturated heterocycles. The molecule has 2 aromatic rings. The summed E-state index contributed by atoms with van der Waals surface area (Å²) in [6, 6.07) is 1.84. The highest BCUT2D eigenvalue weighted by Gasteiger charge is 2.13. The van der Waals surface area contributed by atoms with Crippen molar-refractivity contribution in [2.45, 2.75) is 13.3 Å². The molecule has 0 N–H and O–H groups in total. The SMILES string of the molecule is CCCN(CCS)c1cc(=S)c2occ(Br)c2o1.